The molecule has 0 unspecified atom stereocenters. The maximum Gasteiger partial charge on any atom is 0.0541 e. The van der Waals surface area contributed by atoms with Crippen molar-refractivity contribution in [3.05, 3.63) is 30.1 Å². The quantitative estimate of drug-likeness (QED) is 0.833. The molecule has 2 heterocycles. The summed E-state index contributed by atoms with van der Waals surface area (Å²) in [5.74, 6) is 0. The number of hydrogen-bond acceptors (Lipinski definition) is 3. The lowest BCUT2D eigenvalue weighted by Gasteiger charge is -2.26. The van der Waals surface area contributed by atoms with E-state index in [1.165, 1.54) is 38.9 Å². The number of piperidine rings is 1. The zero-order chi connectivity index (χ0) is 15.1. The highest BCUT2D eigenvalue weighted by Gasteiger charge is 2.08. The summed E-state index contributed by atoms with van der Waals surface area (Å²) in [6, 6.07) is 6.06. The predicted molar refractivity (Wildman–Crippen MR) is 88.9 cm³/mol. The Morgan fingerprint density at radius 3 is 2.35 bits per heavy atom. The minimum absolute atomic E-state index is 0.884. The molecule has 116 valence electrons. The van der Waals surface area contributed by atoms with Gasteiger partial charge in [-0.3, -0.25) is 4.98 Å². The molecule has 0 saturated carbocycles. The maximum atomic E-state index is 4.29. The number of rotatable bonds is 5. The lowest BCUT2D eigenvalue weighted by molar-refractivity contribution is 0.229. The molecular weight excluding hydrogens is 246 g/mol. The molecule has 1 aliphatic heterocycles. The van der Waals surface area contributed by atoms with Gasteiger partial charge in [-0.2, -0.15) is 0 Å². The SMILES string of the molecule is CC.CC.c1ccc(CNCCN2CCCCC2)nc1. The van der Waals surface area contributed by atoms with Crippen molar-refractivity contribution < 1.29 is 0 Å². The van der Waals surface area contributed by atoms with Crippen LogP contribution in [0.4, 0.5) is 0 Å². The van der Waals surface area contributed by atoms with Gasteiger partial charge in [-0.1, -0.05) is 40.2 Å². The van der Waals surface area contributed by atoms with Crippen LogP contribution in [0.5, 0.6) is 0 Å². The van der Waals surface area contributed by atoms with E-state index in [1.54, 1.807) is 0 Å². The van der Waals surface area contributed by atoms with Gasteiger partial charge in [0.2, 0.25) is 0 Å². The number of aromatic nitrogens is 1. The molecule has 2 rings (SSSR count). The van der Waals surface area contributed by atoms with Gasteiger partial charge in [0, 0.05) is 25.8 Å². The largest absolute Gasteiger partial charge is 0.310 e. The number of nitrogens with one attached hydrogen (secondary N) is 1. The molecule has 1 aromatic rings. The third kappa shape index (κ3) is 9.05. The van der Waals surface area contributed by atoms with Crippen LogP contribution in [0.15, 0.2) is 24.4 Å². The molecule has 20 heavy (non-hydrogen) atoms. The monoisotopic (exact) mass is 279 g/mol. The van der Waals surface area contributed by atoms with Crippen LogP contribution in [0.2, 0.25) is 0 Å². The van der Waals surface area contributed by atoms with E-state index >= 15 is 0 Å². The van der Waals surface area contributed by atoms with Crippen LogP contribution in [-0.2, 0) is 6.54 Å². The van der Waals surface area contributed by atoms with Crippen molar-refractivity contribution in [3.8, 4) is 0 Å². The average molecular weight is 279 g/mol. The average Bonchev–Trinajstić information content (AvgIpc) is 2.57. The number of pyridine rings is 1. The van der Waals surface area contributed by atoms with Crippen LogP contribution in [0.3, 0.4) is 0 Å². The maximum absolute atomic E-state index is 4.29. The first-order chi connectivity index (χ1) is 9.95. The van der Waals surface area contributed by atoms with Crippen molar-refractivity contribution in [2.24, 2.45) is 0 Å². The highest BCUT2D eigenvalue weighted by atomic mass is 15.1. The second kappa shape index (κ2) is 14.5. The molecule has 1 fully saturated rings. The predicted octanol–water partition coefficient (Wildman–Crippen LogP) is 3.71. The fraction of sp³-hybridized carbons (Fsp3) is 0.706. The summed E-state index contributed by atoms with van der Waals surface area (Å²) in [6.07, 6.45) is 6.01. The fourth-order valence-electron chi connectivity index (χ4n) is 2.14. The molecule has 1 aliphatic rings. The first-order valence-electron chi connectivity index (χ1n) is 8.28. The number of likely N-dealkylation sites (tertiary alicyclic amines) is 1. The first kappa shape index (κ1) is 19.1. The third-order valence-electron chi connectivity index (χ3n) is 3.09. The van der Waals surface area contributed by atoms with E-state index in [-0.39, 0.29) is 0 Å². The van der Waals surface area contributed by atoms with Gasteiger partial charge in [-0.05, 0) is 38.1 Å². The van der Waals surface area contributed by atoms with Crippen LogP contribution < -0.4 is 5.32 Å². The van der Waals surface area contributed by atoms with Gasteiger partial charge in [0.15, 0.2) is 0 Å². The minimum Gasteiger partial charge on any atom is -0.310 e. The fourth-order valence-corrected chi connectivity index (χ4v) is 2.14. The van der Waals surface area contributed by atoms with Gasteiger partial charge in [-0.25, -0.2) is 0 Å². The van der Waals surface area contributed by atoms with Crippen LogP contribution >= 0.6 is 0 Å². The summed E-state index contributed by atoms with van der Waals surface area (Å²) in [6.45, 7) is 13.7. The van der Waals surface area contributed by atoms with Crippen molar-refractivity contribution in [2.75, 3.05) is 26.2 Å². The van der Waals surface area contributed by atoms with Crippen molar-refractivity contribution >= 4 is 0 Å². The lowest BCUT2D eigenvalue weighted by atomic mass is 10.1. The first-order valence-corrected chi connectivity index (χ1v) is 8.28. The standard InChI is InChI=1S/C13H21N3.2C2H6/c1-4-9-16(10-5-1)11-8-14-12-13-6-2-3-7-15-13;2*1-2/h2-3,6-7,14H,1,4-5,8-12H2;2*1-2H3. The highest BCUT2D eigenvalue weighted by molar-refractivity contribution is 5.02. The molecular formula is C17H33N3. The van der Waals surface area contributed by atoms with Gasteiger partial charge in [0.05, 0.1) is 5.69 Å². The number of hydrogen-bond donors (Lipinski definition) is 1. The Morgan fingerprint density at radius 2 is 1.75 bits per heavy atom. The topological polar surface area (TPSA) is 28.2 Å². The Balaban J connectivity index is 0.000000829. The van der Waals surface area contributed by atoms with Crippen molar-refractivity contribution in [3.63, 3.8) is 0 Å². The summed E-state index contributed by atoms with van der Waals surface area (Å²) in [5.41, 5.74) is 1.13. The summed E-state index contributed by atoms with van der Waals surface area (Å²) in [4.78, 5) is 6.84. The van der Waals surface area contributed by atoms with E-state index in [4.69, 9.17) is 0 Å². The van der Waals surface area contributed by atoms with E-state index in [9.17, 15) is 0 Å². The zero-order valence-electron chi connectivity index (χ0n) is 13.9. The molecule has 0 bridgehead atoms. The van der Waals surface area contributed by atoms with Gasteiger partial charge >= 0.3 is 0 Å². The van der Waals surface area contributed by atoms with Gasteiger partial charge < -0.3 is 10.2 Å². The molecule has 0 aliphatic carbocycles. The minimum atomic E-state index is 0.884. The zero-order valence-corrected chi connectivity index (χ0v) is 13.9. The molecule has 0 radical (unpaired) electrons. The Morgan fingerprint density at radius 1 is 1.05 bits per heavy atom. The summed E-state index contributed by atoms with van der Waals surface area (Å²) in [5, 5.41) is 3.44. The van der Waals surface area contributed by atoms with Crippen molar-refractivity contribution in [1.29, 1.82) is 0 Å². The second-order valence-electron chi connectivity index (χ2n) is 4.40. The normalized spacial score (nSPS) is 14.6. The lowest BCUT2D eigenvalue weighted by Crippen LogP contribution is -2.35. The smallest absolute Gasteiger partial charge is 0.0541 e. The third-order valence-corrected chi connectivity index (χ3v) is 3.09. The van der Waals surface area contributed by atoms with E-state index < -0.39 is 0 Å². The van der Waals surface area contributed by atoms with E-state index in [1.807, 2.05) is 46.0 Å². The Kier molecular flexibility index (Phi) is 13.8. The molecule has 1 saturated heterocycles. The van der Waals surface area contributed by atoms with E-state index in [0.29, 0.717) is 0 Å². The van der Waals surface area contributed by atoms with E-state index in [0.717, 1.165) is 18.8 Å². The summed E-state index contributed by atoms with van der Waals surface area (Å²) in [7, 11) is 0. The molecule has 3 nitrogen and oxygen atoms in total. The Labute approximate surface area is 125 Å². The highest BCUT2D eigenvalue weighted by Crippen LogP contribution is 2.07. The summed E-state index contributed by atoms with van der Waals surface area (Å²) < 4.78 is 0. The molecule has 0 atom stereocenters. The molecule has 0 spiro atoms. The van der Waals surface area contributed by atoms with Crippen molar-refractivity contribution in [1.82, 2.24) is 15.2 Å². The molecule has 0 amide bonds. The Hall–Kier alpha value is -0.930. The Bertz CT molecular complexity index is 282. The van der Waals surface area contributed by atoms with E-state index in [2.05, 4.69) is 21.3 Å². The van der Waals surface area contributed by atoms with Gasteiger partial charge in [0.25, 0.3) is 0 Å². The molecule has 0 aromatic carbocycles. The second-order valence-corrected chi connectivity index (χ2v) is 4.40. The van der Waals surface area contributed by atoms with Crippen molar-refractivity contribution in [2.45, 2.75) is 53.5 Å². The molecule has 1 aromatic heterocycles. The molecule has 1 N–H and O–H groups in total. The van der Waals surface area contributed by atoms with Crippen LogP contribution in [0, 0.1) is 0 Å². The van der Waals surface area contributed by atoms with Gasteiger partial charge in [0.1, 0.15) is 0 Å². The summed E-state index contributed by atoms with van der Waals surface area (Å²) >= 11 is 0. The van der Waals surface area contributed by atoms with Crippen LogP contribution in [-0.4, -0.2) is 36.1 Å². The van der Waals surface area contributed by atoms with Gasteiger partial charge in [-0.15, -0.1) is 0 Å². The van der Waals surface area contributed by atoms with Crippen LogP contribution in [0.1, 0.15) is 52.7 Å². The molecule has 3 heteroatoms. The number of nitrogens with zero attached hydrogens (tertiary/aromatic N) is 2. The van der Waals surface area contributed by atoms with Crippen LogP contribution in [0.25, 0.3) is 0 Å².